The van der Waals surface area contributed by atoms with E-state index in [4.69, 9.17) is 11.6 Å². The van der Waals surface area contributed by atoms with E-state index >= 15 is 0 Å². The molecule has 0 saturated heterocycles. The molecule has 0 atom stereocenters. The fourth-order valence-corrected chi connectivity index (χ4v) is 3.50. The largest absolute Gasteiger partial charge is 0.271 e. The molecule has 0 aliphatic carbocycles. The molecule has 1 aromatic heterocycles. The zero-order chi connectivity index (χ0) is 18.0. The lowest BCUT2D eigenvalue weighted by Gasteiger charge is -2.19. The van der Waals surface area contributed by atoms with Gasteiger partial charge in [0.15, 0.2) is 0 Å². The van der Waals surface area contributed by atoms with Gasteiger partial charge >= 0.3 is 0 Å². The van der Waals surface area contributed by atoms with Crippen molar-refractivity contribution in [1.29, 1.82) is 0 Å². The Balaban J connectivity index is 1.91. The van der Waals surface area contributed by atoms with E-state index in [1.54, 1.807) is 23.0 Å². The average molecular weight is 370 g/mol. The number of sulfonamides is 1. The van der Waals surface area contributed by atoms with Crippen molar-refractivity contribution < 1.29 is 8.42 Å². The molecule has 0 aliphatic rings. The summed E-state index contributed by atoms with van der Waals surface area (Å²) < 4.78 is 29.0. The highest BCUT2D eigenvalue weighted by atomic mass is 35.5. The van der Waals surface area contributed by atoms with Crippen molar-refractivity contribution in [3.8, 4) is 0 Å². The fourth-order valence-electron chi connectivity index (χ4n) is 2.27. The summed E-state index contributed by atoms with van der Waals surface area (Å²) in [5.74, 6) is 0. The molecule has 132 valence electrons. The minimum Gasteiger partial charge on any atom is -0.271 e. The summed E-state index contributed by atoms with van der Waals surface area (Å²) in [6.45, 7) is 9.08. The van der Waals surface area contributed by atoms with Gasteiger partial charge in [-0.1, -0.05) is 44.5 Å². The van der Waals surface area contributed by atoms with Gasteiger partial charge in [0.2, 0.25) is 10.0 Å². The maximum atomic E-state index is 12.3. The monoisotopic (exact) mass is 369 g/mol. The topological polar surface area (TPSA) is 64.0 Å². The van der Waals surface area contributed by atoms with Crippen LogP contribution in [0.15, 0.2) is 35.4 Å². The molecule has 0 bridgehead atoms. The van der Waals surface area contributed by atoms with Crippen LogP contribution in [-0.4, -0.2) is 24.7 Å². The highest BCUT2D eigenvalue weighted by Gasteiger charge is 2.17. The van der Waals surface area contributed by atoms with E-state index in [1.807, 2.05) is 19.1 Å². The van der Waals surface area contributed by atoms with E-state index in [9.17, 15) is 8.42 Å². The minimum absolute atomic E-state index is 0.00110. The lowest BCUT2D eigenvalue weighted by atomic mass is 9.87. The Kier molecular flexibility index (Phi) is 5.73. The van der Waals surface area contributed by atoms with Crippen LogP contribution in [0.25, 0.3) is 0 Å². The van der Waals surface area contributed by atoms with Gasteiger partial charge in [-0.3, -0.25) is 4.68 Å². The molecular formula is C17H24ClN3O2S. The van der Waals surface area contributed by atoms with Crippen molar-refractivity contribution in [3.63, 3.8) is 0 Å². The maximum Gasteiger partial charge on any atom is 0.240 e. The summed E-state index contributed by atoms with van der Waals surface area (Å²) >= 11 is 5.94. The molecule has 5 nitrogen and oxygen atoms in total. The molecule has 2 rings (SSSR count). The number of aromatic nitrogens is 2. The van der Waals surface area contributed by atoms with E-state index < -0.39 is 10.0 Å². The first kappa shape index (κ1) is 19.0. The molecule has 0 radical (unpaired) electrons. The zero-order valence-corrected chi connectivity index (χ0v) is 16.1. The Labute approximate surface area is 149 Å². The quantitative estimate of drug-likeness (QED) is 0.792. The van der Waals surface area contributed by atoms with Crippen LogP contribution in [0.4, 0.5) is 0 Å². The molecule has 0 spiro atoms. The molecule has 0 saturated carbocycles. The van der Waals surface area contributed by atoms with Gasteiger partial charge < -0.3 is 0 Å². The predicted molar refractivity (Wildman–Crippen MR) is 96.9 cm³/mol. The first-order valence-corrected chi connectivity index (χ1v) is 9.75. The van der Waals surface area contributed by atoms with Crippen LogP contribution in [0.1, 0.15) is 38.4 Å². The number of nitrogens with zero attached hydrogens (tertiary/aromatic N) is 2. The smallest absolute Gasteiger partial charge is 0.240 e. The Bertz CT molecular complexity index is 771. The number of aryl methyl sites for hydroxylation is 2. The Morgan fingerprint density at radius 1 is 1.21 bits per heavy atom. The van der Waals surface area contributed by atoms with Gasteiger partial charge in [-0.25, -0.2) is 13.1 Å². The van der Waals surface area contributed by atoms with Crippen LogP contribution in [0.5, 0.6) is 0 Å². The Morgan fingerprint density at radius 2 is 1.83 bits per heavy atom. The first-order valence-electron chi connectivity index (χ1n) is 7.89. The summed E-state index contributed by atoms with van der Waals surface area (Å²) in [7, 11) is -3.49. The molecule has 7 heteroatoms. The SMILES string of the molecule is Cc1nn(CCCNS(=O)(=O)c2ccc(C(C)(C)C)cc2)cc1Cl. The highest BCUT2D eigenvalue weighted by Crippen LogP contribution is 2.23. The Hall–Kier alpha value is -1.37. The molecule has 0 unspecified atom stereocenters. The minimum atomic E-state index is -3.49. The first-order chi connectivity index (χ1) is 11.1. The summed E-state index contributed by atoms with van der Waals surface area (Å²) in [4.78, 5) is 0.286. The van der Waals surface area contributed by atoms with Crippen LogP contribution in [0.3, 0.4) is 0 Å². The van der Waals surface area contributed by atoms with Gasteiger partial charge in [-0.2, -0.15) is 5.10 Å². The molecule has 1 aromatic carbocycles. The number of benzene rings is 1. The number of hydrogen-bond donors (Lipinski definition) is 1. The van der Waals surface area contributed by atoms with E-state index in [0.29, 0.717) is 24.5 Å². The van der Waals surface area contributed by atoms with E-state index in [-0.39, 0.29) is 10.3 Å². The van der Waals surface area contributed by atoms with Gasteiger partial charge in [-0.15, -0.1) is 0 Å². The van der Waals surface area contributed by atoms with Crippen molar-refractivity contribution in [3.05, 3.63) is 46.7 Å². The molecular weight excluding hydrogens is 346 g/mol. The van der Waals surface area contributed by atoms with Crippen LogP contribution < -0.4 is 4.72 Å². The van der Waals surface area contributed by atoms with Crippen molar-refractivity contribution >= 4 is 21.6 Å². The standard InChI is InChI=1S/C17H24ClN3O2S/c1-13-16(18)12-21(20-13)11-5-10-19-24(22,23)15-8-6-14(7-9-15)17(2,3)4/h6-9,12,19H,5,10-11H2,1-4H3. The molecule has 1 heterocycles. The third kappa shape index (κ3) is 4.82. The molecule has 2 aromatic rings. The fraction of sp³-hybridized carbons (Fsp3) is 0.471. The highest BCUT2D eigenvalue weighted by molar-refractivity contribution is 7.89. The van der Waals surface area contributed by atoms with Gasteiger partial charge in [0.25, 0.3) is 0 Å². The number of hydrogen-bond acceptors (Lipinski definition) is 3. The molecule has 24 heavy (non-hydrogen) atoms. The second-order valence-electron chi connectivity index (χ2n) is 6.85. The summed E-state index contributed by atoms with van der Waals surface area (Å²) in [5, 5.41) is 4.86. The second kappa shape index (κ2) is 7.25. The van der Waals surface area contributed by atoms with Crippen LogP contribution >= 0.6 is 11.6 Å². The average Bonchev–Trinajstić information content (AvgIpc) is 2.81. The molecule has 0 aliphatic heterocycles. The van der Waals surface area contributed by atoms with E-state index in [0.717, 1.165) is 11.3 Å². The van der Waals surface area contributed by atoms with Crippen molar-refractivity contribution in [1.82, 2.24) is 14.5 Å². The van der Waals surface area contributed by atoms with Crippen LogP contribution in [-0.2, 0) is 22.0 Å². The van der Waals surface area contributed by atoms with Crippen molar-refractivity contribution in [2.45, 2.75) is 51.0 Å². The molecule has 0 fully saturated rings. The lowest BCUT2D eigenvalue weighted by molar-refractivity contribution is 0.551. The Morgan fingerprint density at radius 3 is 2.33 bits per heavy atom. The third-order valence-corrected chi connectivity index (χ3v) is 5.62. The van der Waals surface area contributed by atoms with E-state index in [1.165, 1.54) is 0 Å². The molecule has 1 N–H and O–H groups in total. The second-order valence-corrected chi connectivity index (χ2v) is 9.03. The normalized spacial score (nSPS) is 12.5. The van der Waals surface area contributed by atoms with Crippen molar-refractivity contribution in [2.75, 3.05) is 6.54 Å². The van der Waals surface area contributed by atoms with Gasteiger partial charge in [0.1, 0.15) is 0 Å². The third-order valence-electron chi connectivity index (χ3n) is 3.77. The van der Waals surface area contributed by atoms with Crippen molar-refractivity contribution in [2.24, 2.45) is 0 Å². The summed E-state index contributed by atoms with van der Waals surface area (Å²) in [6, 6.07) is 7.03. The summed E-state index contributed by atoms with van der Waals surface area (Å²) in [6.07, 6.45) is 2.38. The van der Waals surface area contributed by atoms with Gasteiger partial charge in [-0.05, 0) is 36.5 Å². The number of rotatable bonds is 6. The predicted octanol–water partition coefficient (Wildman–Crippen LogP) is 3.51. The zero-order valence-electron chi connectivity index (χ0n) is 14.5. The molecule has 0 amide bonds. The van der Waals surface area contributed by atoms with E-state index in [2.05, 4.69) is 30.6 Å². The maximum absolute atomic E-state index is 12.3. The van der Waals surface area contributed by atoms with Gasteiger partial charge in [0.05, 0.1) is 15.6 Å². The van der Waals surface area contributed by atoms with Crippen LogP contribution in [0, 0.1) is 6.92 Å². The summed E-state index contributed by atoms with van der Waals surface area (Å²) in [5.41, 5.74) is 1.88. The number of nitrogens with one attached hydrogen (secondary N) is 1. The lowest BCUT2D eigenvalue weighted by Crippen LogP contribution is -2.25. The van der Waals surface area contributed by atoms with Gasteiger partial charge in [0, 0.05) is 19.3 Å². The van der Waals surface area contributed by atoms with Crippen LogP contribution in [0.2, 0.25) is 5.02 Å². The number of halogens is 1.